The van der Waals surface area contributed by atoms with Crippen molar-refractivity contribution in [3.63, 3.8) is 0 Å². The summed E-state index contributed by atoms with van der Waals surface area (Å²) in [6.45, 7) is 13.7. The number of rotatable bonds is 4. The minimum Gasteiger partial charge on any atom is -0.310 e. The third-order valence-electron chi connectivity index (χ3n) is 6.87. The molecule has 0 unspecified atom stereocenters. The van der Waals surface area contributed by atoms with Gasteiger partial charge < -0.3 is 4.90 Å². The maximum absolute atomic E-state index is 9.19. The van der Waals surface area contributed by atoms with Crippen molar-refractivity contribution in [1.82, 2.24) is 4.98 Å². The Labute approximate surface area is 224 Å². The van der Waals surface area contributed by atoms with Crippen molar-refractivity contribution >= 4 is 56.0 Å². The first-order valence-electron chi connectivity index (χ1n) is 11.9. The van der Waals surface area contributed by atoms with Crippen LogP contribution in [0, 0.1) is 24.8 Å². The molecule has 2 aromatic heterocycles. The van der Waals surface area contributed by atoms with E-state index in [4.69, 9.17) is 11.6 Å². The third-order valence-corrected chi connectivity index (χ3v) is 8.94. The largest absolute Gasteiger partial charge is 0.310 e. The predicted molar refractivity (Wildman–Crippen MR) is 155 cm³/mol. The molecule has 0 saturated carbocycles. The number of para-hydroxylation sites is 1. The summed E-state index contributed by atoms with van der Waals surface area (Å²) in [5.74, 6) is 0. The molecule has 0 fully saturated rings. The van der Waals surface area contributed by atoms with Crippen LogP contribution >= 0.6 is 22.7 Å². The summed E-state index contributed by atoms with van der Waals surface area (Å²) in [5.41, 5.74) is 7.92. The first-order valence-corrected chi connectivity index (χ1v) is 13.5. The second kappa shape index (κ2) is 8.71. The highest BCUT2D eigenvalue weighted by Gasteiger charge is 2.37. The van der Waals surface area contributed by atoms with E-state index in [1.165, 1.54) is 26.3 Å². The summed E-state index contributed by atoms with van der Waals surface area (Å²) in [7, 11) is 0. The number of thiazole rings is 1. The molecule has 6 heteroatoms. The molecule has 0 spiro atoms. The molecule has 0 saturated heterocycles. The fourth-order valence-corrected chi connectivity index (χ4v) is 7.20. The van der Waals surface area contributed by atoms with Gasteiger partial charge in [0.25, 0.3) is 5.70 Å². The number of thiophene rings is 1. The molecule has 0 amide bonds. The number of anilines is 3. The zero-order chi connectivity index (χ0) is 25.7. The van der Waals surface area contributed by atoms with E-state index in [2.05, 4.69) is 90.3 Å². The standard InChI is InChI=1S/C31H22N4S2/c1-19-34-28-16-23(11-13-29(28)36-19)35(21-8-6-5-7-9-21)22-10-12-25-26(15-22)31(2,3)27-17-24(37-30(25)27)14-20(18-32)33-4/h5-17H,1-3H3/b20-14-. The molecule has 2 heterocycles. The number of nitriles is 1. The molecule has 1 aliphatic carbocycles. The van der Waals surface area contributed by atoms with Crippen LogP contribution in [0.1, 0.15) is 34.9 Å². The van der Waals surface area contributed by atoms with Crippen molar-refractivity contribution in [2.45, 2.75) is 26.2 Å². The van der Waals surface area contributed by atoms with Crippen LogP contribution in [-0.2, 0) is 5.41 Å². The van der Waals surface area contributed by atoms with E-state index in [1.807, 2.05) is 19.1 Å². The van der Waals surface area contributed by atoms with Crippen LogP contribution in [0.15, 0.2) is 78.5 Å². The van der Waals surface area contributed by atoms with E-state index < -0.39 is 0 Å². The summed E-state index contributed by atoms with van der Waals surface area (Å²) in [6, 6.07) is 27.7. The van der Waals surface area contributed by atoms with Gasteiger partial charge in [0, 0.05) is 32.2 Å². The summed E-state index contributed by atoms with van der Waals surface area (Å²) >= 11 is 3.36. The summed E-state index contributed by atoms with van der Waals surface area (Å²) < 4.78 is 1.19. The Hall–Kier alpha value is -4.23. The van der Waals surface area contributed by atoms with Crippen LogP contribution in [0.3, 0.4) is 0 Å². The maximum atomic E-state index is 9.19. The second-order valence-electron chi connectivity index (χ2n) is 9.56. The van der Waals surface area contributed by atoms with Gasteiger partial charge >= 0.3 is 0 Å². The lowest BCUT2D eigenvalue weighted by Gasteiger charge is -2.28. The predicted octanol–water partition coefficient (Wildman–Crippen LogP) is 9.23. The molecule has 5 aromatic rings. The number of hydrogen-bond donors (Lipinski definition) is 0. The second-order valence-corrected chi connectivity index (χ2v) is 11.9. The summed E-state index contributed by atoms with van der Waals surface area (Å²) in [6.07, 6.45) is 1.69. The first-order chi connectivity index (χ1) is 17.9. The van der Waals surface area contributed by atoms with Gasteiger partial charge in [-0.05, 0) is 78.2 Å². The molecule has 37 heavy (non-hydrogen) atoms. The van der Waals surface area contributed by atoms with Crippen molar-refractivity contribution in [3.05, 3.63) is 111 Å². The number of nitrogens with zero attached hydrogens (tertiary/aromatic N) is 4. The molecule has 3 aromatic carbocycles. The Kier molecular flexibility index (Phi) is 5.46. The monoisotopic (exact) mass is 514 g/mol. The number of fused-ring (bicyclic) bond motifs is 4. The van der Waals surface area contributed by atoms with Crippen molar-refractivity contribution in [3.8, 4) is 16.5 Å². The minimum atomic E-state index is -0.202. The van der Waals surface area contributed by atoms with Crippen LogP contribution in [0.2, 0.25) is 0 Å². The van der Waals surface area contributed by atoms with E-state index in [9.17, 15) is 5.26 Å². The summed E-state index contributed by atoms with van der Waals surface area (Å²) in [4.78, 5) is 12.5. The van der Waals surface area contributed by atoms with E-state index in [1.54, 1.807) is 28.7 Å². The molecule has 0 atom stereocenters. The summed E-state index contributed by atoms with van der Waals surface area (Å²) in [5, 5.41) is 10.3. The van der Waals surface area contributed by atoms with Crippen LogP contribution in [0.25, 0.3) is 31.6 Å². The van der Waals surface area contributed by atoms with Gasteiger partial charge in [-0.15, -0.1) is 22.7 Å². The van der Waals surface area contributed by atoms with Crippen LogP contribution in [0.5, 0.6) is 0 Å². The molecule has 1 aliphatic rings. The number of aryl methyl sites for hydroxylation is 1. The highest BCUT2D eigenvalue weighted by molar-refractivity contribution is 7.18. The van der Waals surface area contributed by atoms with Crippen molar-refractivity contribution < 1.29 is 0 Å². The molecule has 0 bridgehead atoms. The van der Waals surface area contributed by atoms with Crippen molar-refractivity contribution in [2.75, 3.05) is 4.90 Å². The van der Waals surface area contributed by atoms with E-state index in [0.717, 1.165) is 32.5 Å². The van der Waals surface area contributed by atoms with Crippen molar-refractivity contribution in [2.24, 2.45) is 0 Å². The molecular weight excluding hydrogens is 493 g/mol. The van der Waals surface area contributed by atoms with Crippen molar-refractivity contribution in [1.29, 1.82) is 5.26 Å². The SMILES string of the molecule is [C-]#[N+]/C(C#N)=C\c1cc2c(s1)-c1ccc(N(c3ccccc3)c3ccc4sc(C)nc4c3)cc1C2(C)C. The topological polar surface area (TPSA) is 44.3 Å². The zero-order valence-corrected chi connectivity index (χ0v) is 22.2. The highest BCUT2D eigenvalue weighted by atomic mass is 32.1. The normalized spacial score (nSPS) is 13.6. The van der Waals surface area contributed by atoms with Gasteiger partial charge in [-0.1, -0.05) is 38.1 Å². The van der Waals surface area contributed by atoms with Gasteiger partial charge in [0.2, 0.25) is 0 Å². The number of aromatic nitrogens is 1. The van der Waals surface area contributed by atoms with Gasteiger partial charge in [-0.3, -0.25) is 0 Å². The molecule has 6 rings (SSSR count). The minimum absolute atomic E-state index is 0.110. The number of allylic oxidation sites excluding steroid dienone is 1. The lowest BCUT2D eigenvalue weighted by atomic mass is 9.82. The third kappa shape index (κ3) is 3.83. The fraction of sp³-hybridized carbons (Fsp3) is 0.129. The Morgan fingerprint density at radius 1 is 0.973 bits per heavy atom. The number of benzene rings is 3. The molecule has 0 radical (unpaired) electrons. The smallest absolute Gasteiger partial charge is 0.263 e. The van der Waals surface area contributed by atoms with E-state index >= 15 is 0 Å². The lowest BCUT2D eigenvalue weighted by Crippen LogP contribution is -2.16. The van der Waals surface area contributed by atoms with E-state index in [-0.39, 0.29) is 11.1 Å². The first kappa shape index (κ1) is 23.2. The van der Waals surface area contributed by atoms with Gasteiger partial charge in [-0.2, -0.15) is 0 Å². The molecular formula is C31H22N4S2. The quantitative estimate of drug-likeness (QED) is 0.177. The Balaban J connectivity index is 1.49. The van der Waals surface area contributed by atoms with Crippen LogP contribution < -0.4 is 4.90 Å². The molecule has 0 aliphatic heterocycles. The van der Waals surface area contributed by atoms with Crippen LogP contribution in [0.4, 0.5) is 17.1 Å². The highest BCUT2D eigenvalue weighted by Crippen LogP contribution is 2.54. The number of hydrogen-bond acceptors (Lipinski definition) is 5. The van der Waals surface area contributed by atoms with Gasteiger partial charge in [0.1, 0.15) is 0 Å². The molecule has 0 N–H and O–H groups in total. The van der Waals surface area contributed by atoms with Gasteiger partial charge in [0.05, 0.1) is 27.9 Å². The molecule has 4 nitrogen and oxygen atoms in total. The van der Waals surface area contributed by atoms with Gasteiger partial charge in [0.15, 0.2) is 0 Å². The van der Waals surface area contributed by atoms with Crippen LogP contribution in [-0.4, -0.2) is 4.98 Å². The Morgan fingerprint density at radius 3 is 2.49 bits per heavy atom. The Morgan fingerprint density at radius 2 is 1.73 bits per heavy atom. The average molecular weight is 515 g/mol. The lowest BCUT2D eigenvalue weighted by molar-refractivity contribution is 0.662. The van der Waals surface area contributed by atoms with Gasteiger partial charge in [-0.25, -0.2) is 15.1 Å². The Bertz CT molecular complexity index is 1780. The average Bonchev–Trinajstić information content (AvgIpc) is 3.55. The zero-order valence-electron chi connectivity index (χ0n) is 20.6. The van der Waals surface area contributed by atoms with E-state index in [0.29, 0.717) is 0 Å². The fourth-order valence-electron chi connectivity index (χ4n) is 5.10. The maximum Gasteiger partial charge on any atom is 0.263 e. The molecule has 178 valence electrons.